The zero-order valence-corrected chi connectivity index (χ0v) is 9.36. The van der Waals surface area contributed by atoms with Gasteiger partial charge in [-0.15, -0.1) is 0 Å². The summed E-state index contributed by atoms with van der Waals surface area (Å²) in [6.45, 7) is 3.40. The van der Waals surface area contributed by atoms with Crippen molar-refractivity contribution >= 4 is 5.97 Å². The lowest BCUT2D eigenvalue weighted by atomic mass is 10.1. The number of benzene rings is 1. The van der Waals surface area contributed by atoms with Gasteiger partial charge in [0.1, 0.15) is 0 Å². The molecule has 0 unspecified atom stereocenters. The first-order valence-electron chi connectivity index (χ1n) is 5.29. The number of hydrogen-bond donors (Lipinski definition) is 3. The van der Waals surface area contributed by atoms with Crippen molar-refractivity contribution in [3.63, 3.8) is 0 Å². The van der Waals surface area contributed by atoms with E-state index < -0.39 is 5.97 Å². The van der Waals surface area contributed by atoms with Gasteiger partial charge in [-0.05, 0) is 43.1 Å². The Bertz CT molecular complexity index is 363. The third-order valence-electron chi connectivity index (χ3n) is 2.22. The van der Waals surface area contributed by atoms with Crippen LogP contribution in [0.1, 0.15) is 27.9 Å². The molecule has 0 radical (unpaired) electrons. The van der Waals surface area contributed by atoms with Gasteiger partial charge in [-0.25, -0.2) is 4.79 Å². The van der Waals surface area contributed by atoms with Crippen LogP contribution in [-0.4, -0.2) is 29.3 Å². The minimum Gasteiger partial charge on any atom is -0.478 e. The first kappa shape index (κ1) is 12.7. The summed E-state index contributed by atoms with van der Waals surface area (Å²) in [7, 11) is 0. The van der Waals surface area contributed by atoms with E-state index in [2.05, 4.69) is 5.32 Å². The minimum absolute atomic E-state index is 0.168. The fourth-order valence-electron chi connectivity index (χ4n) is 1.52. The fraction of sp³-hybridized carbons (Fsp3) is 0.417. The fourth-order valence-corrected chi connectivity index (χ4v) is 1.52. The molecule has 0 aliphatic heterocycles. The van der Waals surface area contributed by atoms with Crippen LogP contribution in [0, 0.1) is 6.92 Å². The number of aliphatic hydroxyl groups is 1. The van der Waals surface area contributed by atoms with Crippen molar-refractivity contribution in [2.45, 2.75) is 19.9 Å². The normalized spacial score (nSPS) is 10.4. The molecule has 88 valence electrons. The molecule has 0 amide bonds. The summed E-state index contributed by atoms with van der Waals surface area (Å²) in [5.74, 6) is -0.902. The molecule has 4 heteroatoms. The molecule has 1 rings (SSSR count). The van der Waals surface area contributed by atoms with Gasteiger partial charge in [-0.3, -0.25) is 0 Å². The van der Waals surface area contributed by atoms with Gasteiger partial charge in [0.25, 0.3) is 0 Å². The Balaban J connectivity index is 2.62. The Kier molecular flexibility index (Phi) is 4.95. The Morgan fingerprint density at radius 2 is 2.12 bits per heavy atom. The molecule has 3 N–H and O–H groups in total. The summed E-state index contributed by atoms with van der Waals surface area (Å²) in [5, 5.41) is 20.6. The molecule has 1 aromatic carbocycles. The number of hydrogen-bond acceptors (Lipinski definition) is 3. The second kappa shape index (κ2) is 6.25. The lowest BCUT2D eigenvalue weighted by Crippen LogP contribution is -2.16. The summed E-state index contributed by atoms with van der Waals surface area (Å²) < 4.78 is 0. The van der Waals surface area contributed by atoms with Gasteiger partial charge >= 0.3 is 5.97 Å². The molecule has 4 nitrogen and oxygen atoms in total. The summed E-state index contributed by atoms with van der Waals surface area (Å²) in [6, 6.07) is 5.28. The SMILES string of the molecule is Cc1cc(CNCCCO)cc(C(=O)O)c1. The number of carboxylic acid groups (broad SMARTS) is 1. The molecule has 0 atom stereocenters. The lowest BCUT2D eigenvalue weighted by Gasteiger charge is -2.06. The molecule has 1 aromatic rings. The molecule has 0 bridgehead atoms. The minimum atomic E-state index is -0.902. The van der Waals surface area contributed by atoms with E-state index in [-0.39, 0.29) is 6.61 Å². The van der Waals surface area contributed by atoms with E-state index in [0.29, 0.717) is 18.5 Å². The highest BCUT2D eigenvalue weighted by atomic mass is 16.4. The summed E-state index contributed by atoms with van der Waals surface area (Å²) in [6.07, 6.45) is 0.706. The second-order valence-corrected chi connectivity index (χ2v) is 3.77. The molecule has 16 heavy (non-hydrogen) atoms. The molecule has 0 saturated carbocycles. The molecular weight excluding hydrogens is 206 g/mol. The Hall–Kier alpha value is -1.39. The van der Waals surface area contributed by atoms with Crippen LogP contribution < -0.4 is 5.32 Å². The summed E-state index contributed by atoms with van der Waals surface area (Å²) >= 11 is 0. The van der Waals surface area contributed by atoms with Crippen molar-refractivity contribution in [2.24, 2.45) is 0 Å². The molecule has 0 aliphatic carbocycles. The van der Waals surface area contributed by atoms with Crippen LogP contribution >= 0.6 is 0 Å². The van der Waals surface area contributed by atoms with Gasteiger partial charge in [-0.2, -0.15) is 0 Å². The molecule has 0 aliphatic rings. The van der Waals surface area contributed by atoms with E-state index in [4.69, 9.17) is 10.2 Å². The topological polar surface area (TPSA) is 69.6 Å². The molecule has 0 spiro atoms. The van der Waals surface area contributed by atoms with Gasteiger partial charge in [0.05, 0.1) is 5.56 Å². The van der Waals surface area contributed by atoms with Crippen molar-refractivity contribution in [2.75, 3.05) is 13.2 Å². The van der Waals surface area contributed by atoms with Crippen LogP contribution in [0.25, 0.3) is 0 Å². The van der Waals surface area contributed by atoms with E-state index in [0.717, 1.165) is 17.7 Å². The second-order valence-electron chi connectivity index (χ2n) is 3.77. The van der Waals surface area contributed by atoms with Crippen molar-refractivity contribution in [1.29, 1.82) is 0 Å². The van der Waals surface area contributed by atoms with Crippen molar-refractivity contribution in [3.05, 3.63) is 34.9 Å². The standard InChI is InChI=1S/C12H17NO3/c1-9-5-10(8-13-3-2-4-14)7-11(6-9)12(15)16/h5-7,13-14H,2-4,8H2,1H3,(H,15,16). The maximum absolute atomic E-state index is 10.8. The van der Waals surface area contributed by atoms with E-state index in [1.54, 1.807) is 12.1 Å². The van der Waals surface area contributed by atoms with E-state index in [1.165, 1.54) is 0 Å². The Morgan fingerprint density at radius 1 is 1.38 bits per heavy atom. The predicted octanol–water partition coefficient (Wildman–Crippen LogP) is 1.17. The zero-order valence-electron chi connectivity index (χ0n) is 9.36. The van der Waals surface area contributed by atoms with E-state index in [1.807, 2.05) is 13.0 Å². The molecule has 0 aromatic heterocycles. The average Bonchev–Trinajstić information content (AvgIpc) is 2.23. The van der Waals surface area contributed by atoms with Crippen LogP contribution in [0.2, 0.25) is 0 Å². The van der Waals surface area contributed by atoms with Gasteiger partial charge < -0.3 is 15.5 Å². The largest absolute Gasteiger partial charge is 0.478 e. The molecular formula is C12H17NO3. The highest BCUT2D eigenvalue weighted by molar-refractivity contribution is 5.88. The monoisotopic (exact) mass is 223 g/mol. The van der Waals surface area contributed by atoms with Crippen LogP contribution in [0.4, 0.5) is 0 Å². The maximum atomic E-state index is 10.8. The first-order valence-corrected chi connectivity index (χ1v) is 5.29. The van der Waals surface area contributed by atoms with Gasteiger partial charge in [-0.1, -0.05) is 6.07 Å². The number of carbonyl (C=O) groups is 1. The van der Waals surface area contributed by atoms with Crippen LogP contribution in [0.3, 0.4) is 0 Å². The molecule has 0 heterocycles. The average molecular weight is 223 g/mol. The first-order chi connectivity index (χ1) is 7.63. The third kappa shape index (κ3) is 4.00. The molecule has 0 fully saturated rings. The van der Waals surface area contributed by atoms with E-state index >= 15 is 0 Å². The third-order valence-corrected chi connectivity index (χ3v) is 2.22. The van der Waals surface area contributed by atoms with Crippen molar-refractivity contribution in [1.82, 2.24) is 5.32 Å². The smallest absolute Gasteiger partial charge is 0.335 e. The number of aliphatic hydroxyl groups excluding tert-OH is 1. The van der Waals surface area contributed by atoms with E-state index in [9.17, 15) is 4.79 Å². The van der Waals surface area contributed by atoms with Crippen LogP contribution in [0.5, 0.6) is 0 Å². The van der Waals surface area contributed by atoms with Crippen molar-refractivity contribution in [3.8, 4) is 0 Å². The van der Waals surface area contributed by atoms with Crippen LogP contribution in [-0.2, 0) is 6.54 Å². The zero-order chi connectivity index (χ0) is 12.0. The number of aromatic carboxylic acids is 1. The van der Waals surface area contributed by atoms with Crippen LogP contribution in [0.15, 0.2) is 18.2 Å². The highest BCUT2D eigenvalue weighted by Gasteiger charge is 2.04. The molecule has 0 saturated heterocycles. The quantitative estimate of drug-likeness (QED) is 0.633. The maximum Gasteiger partial charge on any atom is 0.335 e. The highest BCUT2D eigenvalue weighted by Crippen LogP contribution is 2.09. The number of aryl methyl sites for hydroxylation is 1. The number of rotatable bonds is 6. The Labute approximate surface area is 94.9 Å². The van der Waals surface area contributed by atoms with Gasteiger partial charge in [0.2, 0.25) is 0 Å². The number of carboxylic acids is 1. The summed E-state index contributed by atoms with van der Waals surface area (Å²) in [5.41, 5.74) is 2.22. The Morgan fingerprint density at radius 3 is 2.75 bits per heavy atom. The van der Waals surface area contributed by atoms with Gasteiger partial charge in [0.15, 0.2) is 0 Å². The summed E-state index contributed by atoms with van der Waals surface area (Å²) in [4.78, 5) is 10.8. The van der Waals surface area contributed by atoms with Crippen molar-refractivity contribution < 1.29 is 15.0 Å². The predicted molar refractivity (Wildman–Crippen MR) is 61.5 cm³/mol. The number of nitrogens with one attached hydrogen (secondary N) is 1. The lowest BCUT2D eigenvalue weighted by molar-refractivity contribution is 0.0696. The van der Waals surface area contributed by atoms with Gasteiger partial charge in [0, 0.05) is 13.2 Å².